The van der Waals surface area contributed by atoms with Crippen molar-refractivity contribution in [1.82, 2.24) is 24.4 Å². The third-order valence-electron chi connectivity index (χ3n) is 2.82. The predicted octanol–water partition coefficient (Wildman–Crippen LogP) is -2.91. The number of anilines is 3. The number of hydrogen-bond acceptors (Lipinski definition) is 12. The molecule has 0 saturated carbocycles. The average molecular weight is 477 g/mol. The zero-order valence-corrected chi connectivity index (χ0v) is 18.2. The van der Waals surface area contributed by atoms with E-state index in [0.717, 1.165) is 12.5 Å². The van der Waals surface area contributed by atoms with Gasteiger partial charge in [-0.1, -0.05) is 0 Å². The molecule has 18 heteroatoms. The van der Waals surface area contributed by atoms with Gasteiger partial charge in [-0.3, -0.25) is 4.55 Å². The van der Waals surface area contributed by atoms with Gasteiger partial charge in [0.25, 0.3) is 10.1 Å². The highest BCUT2D eigenvalue weighted by atomic mass is 32.2. The van der Waals surface area contributed by atoms with E-state index in [2.05, 4.69) is 40.3 Å². The summed E-state index contributed by atoms with van der Waals surface area (Å²) in [6.07, 6.45) is 2.03. The van der Waals surface area contributed by atoms with Crippen molar-refractivity contribution in [2.24, 2.45) is 0 Å². The summed E-state index contributed by atoms with van der Waals surface area (Å²) < 4.78 is 79.1. The molecule has 0 unspecified atom stereocenters. The quantitative estimate of drug-likeness (QED) is 0.117. The Bertz CT molecular complexity index is 923. The van der Waals surface area contributed by atoms with E-state index in [1.807, 2.05) is 0 Å². The van der Waals surface area contributed by atoms with Gasteiger partial charge in [-0.05, 0) is 0 Å². The Labute approximate surface area is 169 Å². The van der Waals surface area contributed by atoms with Gasteiger partial charge in [0.15, 0.2) is 0 Å². The number of sulfonamides is 2. The van der Waals surface area contributed by atoms with Gasteiger partial charge in [-0.2, -0.15) is 23.4 Å². The lowest BCUT2D eigenvalue weighted by Gasteiger charge is -2.11. The van der Waals surface area contributed by atoms with Crippen LogP contribution in [-0.4, -0.2) is 95.7 Å². The first kappa shape index (κ1) is 25.2. The van der Waals surface area contributed by atoms with E-state index in [4.69, 9.17) is 4.55 Å². The molecule has 0 bridgehead atoms. The SMILES string of the molecule is CS(=O)(=O)NCCNc1nc(NCCNS(C)(=O)=O)nc(NCCS(=O)(=O)O)n1. The minimum absolute atomic E-state index is 0.0132. The summed E-state index contributed by atoms with van der Waals surface area (Å²) in [5.41, 5.74) is 0. The maximum absolute atomic E-state index is 11.0. The number of hydrogen-bond donors (Lipinski definition) is 6. The summed E-state index contributed by atoms with van der Waals surface area (Å²) in [4.78, 5) is 12.1. The minimum atomic E-state index is -4.17. The molecule has 1 aromatic rings. The van der Waals surface area contributed by atoms with E-state index in [0.29, 0.717) is 0 Å². The summed E-state index contributed by atoms with van der Waals surface area (Å²) in [7, 11) is -10.9. The highest BCUT2D eigenvalue weighted by Gasteiger charge is 2.09. The summed E-state index contributed by atoms with van der Waals surface area (Å²) >= 11 is 0. The van der Waals surface area contributed by atoms with E-state index in [1.165, 1.54) is 0 Å². The highest BCUT2D eigenvalue weighted by Crippen LogP contribution is 2.09. The molecule has 0 amide bonds. The number of rotatable bonds is 14. The molecule has 15 nitrogen and oxygen atoms in total. The average Bonchev–Trinajstić information content (AvgIpc) is 2.53. The van der Waals surface area contributed by atoms with Crippen LogP contribution in [0.5, 0.6) is 0 Å². The van der Waals surface area contributed by atoms with E-state index >= 15 is 0 Å². The smallest absolute Gasteiger partial charge is 0.266 e. The van der Waals surface area contributed by atoms with Gasteiger partial charge in [0.1, 0.15) is 0 Å². The molecule has 1 heterocycles. The molecule has 29 heavy (non-hydrogen) atoms. The van der Waals surface area contributed by atoms with Crippen LogP contribution >= 0.6 is 0 Å². The molecule has 0 spiro atoms. The fourth-order valence-corrected chi connectivity index (χ4v) is 3.03. The van der Waals surface area contributed by atoms with Crippen LogP contribution in [0.3, 0.4) is 0 Å². The van der Waals surface area contributed by atoms with Gasteiger partial charge in [-0.25, -0.2) is 26.3 Å². The van der Waals surface area contributed by atoms with Crippen molar-refractivity contribution in [3.8, 4) is 0 Å². The predicted molar refractivity (Wildman–Crippen MR) is 107 cm³/mol. The molecule has 6 N–H and O–H groups in total. The third-order valence-corrected chi connectivity index (χ3v) is 5.00. The Morgan fingerprint density at radius 3 is 1.31 bits per heavy atom. The van der Waals surface area contributed by atoms with Crippen molar-refractivity contribution in [3.63, 3.8) is 0 Å². The third kappa shape index (κ3) is 13.9. The van der Waals surface area contributed by atoms with Crippen LogP contribution in [0.25, 0.3) is 0 Å². The Hall–Kier alpha value is -1.86. The summed E-state index contributed by atoms with van der Waals surface area (Å²) in [6.45, 7) is 0.258. The van der Waals surface area contributed by atoms with Gasteiger partial charge in [0.2, 0.25) is 37.9 Å². The van der Waals surface area contributed by atoms with Crippen LogP contribution in [0.4, 0.5) is 17.8 Å². The second kappa shape index (κ2) is 10.8. The van der Waals surface area contributed by atoms with E-state index in [9.17, 15) is 25.3 Å². The highest BCUT2D eigenvalue weighted by molar-refractivity contribution is 7.89. The van der Waals surface area contributed by atoms with Crippen molar-refractivity contribution in [1.29, 1.82) is 0 Å². The molecule has 0 fully saturated rings. The van der Waals surface area contributed by atoms with E-state index in [1.54, 1.807) is 0 Å². The zero-order valence-electron chi connectivity index (χ0n) is 15.7. The molecule has 0 aliphatic carbocycles. The Morgan fingerprint density at radius 1 is 0.655 bits per heavy atom. The van der Waals surface area contributed by atoms with E-state index in [-0.39, 0.29) is 50.6 Å². The van der Waals surface area contributed by atoms with Crippen LogP contribution in [0, 0.1) is 0 Å². The van der Waals surface area contributed by atoms with Crippen LogP contribution in [0.1, 0.15) is 0 Å². The van der Waals surface area contributed by atoms with Gasteiger partial charge in [-0.15, -0.1) is 0 Å². The lowest BCUT2D eigenvalue weighted by atomic mass is 10.6. The van der Waals surface area contributed by atoms with Crippen molar-refractivity contribution >= 4 is 48.0 Å². The molecule has 0 aromatic carbocycles. The number of nitrogens with one attached hydrogen (secondary N) is 5. The maximum Gasteiger partial charge on any atom is 0.266 e. The van der Waals surface area contributed by atoms with Gasteiger partial charge < -0.3 is 16.0 Å². The number of aromatic nitrogens is 3. The number of nitrogens with zero attached hydrogens (tertiary/aromatic N) is 3. The minimum Gasteiger partial charge on any atom is -0.353 e. The van der Waals surface area contributed by atoms with Crippen LogP contribution in [0.2, 0.25) is 0 Å². The fourth-order valence-electron chi connectivity index (χ4n) is 1.73. The molecule has 1 aromatic heterocycles. The molecule has 1 rings (SSSR count). The molecular weight excluding hydrogens is 452 g/mol. The Kier molecular flexibility index (Phi) is 9.36. The first-order valence-electron chi connectivity index (χ1n) is 8.06. The van der Waals surface area contributed by atoms with Crippen LogP contribution in [0.15, 0.2) is 0 Å². The molecule has 0 aliphatic heterocycles. The standard InChI is InChI=1S/C11H24N8O7S3/c1-27(20,21)15-5-3-12-9-17-10(13-4-6-16-28(2,22)23)19-11(18-9)14-7-8-29(24,25)26/h15-16H,3-8H2,1-2H3,(H,24,25,26)(H3,12,13,14,17,18,19). The molecule has 168 valence electrons. The molecular formula is C11H24N8O7S3. The second-order valence-electron chi connectivity index (χ2n) is 5.71. The van der Waals surface area contributed by atoms with Gasteiger partial charge in [0.05, 0.1) is 18.3 Å². The van der Waals surface area contributed by atoms with Gasteiger partial charge >= 0.3 is 0 Å². The molecule has 0 radical (unpaired) electrons. The lowest BCUT2D eigenvalue weighted by Crippen LogP contribution is -2.29. The normalized spacial score (nSPS) is 12.5. The maximum atomic E-state index is 11.0. The van der Waals surface area contributed by atoms with Crippen LogP contribution in [-0.2, 0) is 30.2 Å². The fraction of sp³-hybridized carbons (Fsp3) is 0.727. The first-order valence-corrected chi connectivity index (χ1v) is 13.4. The molecule has 0 atom stereocenters. The molecule has 0 saturated heterocycles. The summed E-state index contributed by atoms with van der Waals surface area (Å²) in [6, 6.07) is 0. The zero-order chi connectivity index (χ0) is 22.1. The van der Waals surface area contributed by atoms with Crippen molar-refractivity contribution in [2.75, 3.05) is 66.9 Å². The second-order valence-corrected chi connectivity index (χ2v) is 10.9. The summed E-state index contributed by atoms with van der Waals surface area (Å²) in [5, 5.41) is 8.15. The largest absolute Gasteiger partial charge is 0.353 e. The van der Waals surface area contributed by atoms with Crippen molar-refractivity contribution in [3.05, 3.63) is 0 Å². The Morgan fingerprint density at radius 2 is 1.00 bits per heavy atom. The van der Waals surface area contributed by atoms with Crippen LogP contribution < -0.4 is 25.4 Å². The molecule has 0 aliphatic rings. The monoisotopic (exact) mass is 476 g/mol. The lowest BCUT2D eigenvalue weighted by molar-refractivity contribution is 0.484. The van der Waals surface area contributed by atoms with Crippen molar-refractivity contribution in [2.45, 2.75) is 0 Å². The Balaban J connectivity index is 2.76. The topological polar surface area (TPSA) is 221 Å². The summed E-state index contributed by atoms with van der Waals surface area (Å²) in [5.74, 6) is -0.465. The van der Waals surface area contributed by atoms with Gasteiger partial charge in [0, 0.05) is 32.7 Å². The van der Waals surface area contributed by atoms with Crippen molar-refractivity contribution < 1.29 is 29.8 Å². The first-order chi connectivity index (χ1) is 13.2. The van der Waals surface area contributed by atoms with E-state index < -0.39 is 35.9 Å².